The van der Waals surface area contributed by atoms with Crippen molar-refractivity contribution in [2.75, 3.05) is 18.4 Å². The van der Waals surface area contributed by atoms with Gasteiger partial charge in [0.1, 0.15) is 0 Å². The maximum Gasteiger partial charge on any atom is 0.267 e. The van der Waals surface area contributed by atoms with Gasteiger partial charge in [-0.1, -0.05) is 38.1 Å². The second-order valence-corrected chi connectivity index (χ2v) is 8.87. The smallest absolute Gasteiger partial charge is 0.267 e. The van der Waals surface area contributed by atoms with Crippen LogP contribution in [0.5, 0.6) is 0 Å². The van der Waals surface area contributed by atoms with E-state index in [4.69, 9.17) is 0 Å². The summed E-state index contributed by atoms with van der Waals surface area (Å²) in [6.45, 7) is 11.3. The highest BCUT2D eigenvalue weighted by Crippen LogP contribution is 2.30. The van der Waals surface area contributed by atoms with E-state index in [0.29, 0.717) is 0 Å². The van der Waals surface area contributed by atoms with Crippen LogP contribution in [0.3, 0.4) is 0 Å². The third kappa shape index (κ3) is 5.25. The zero-order valence-electron chi connectivity index (χ0n) is 18.2. The van der Waals surface area contributed by atoms with Gasteiger partial charge in [0.15, 0.2) is 0 Å². The topological polar surface area (TPSA) is 86.9 Å². The molecule has 1 aliphatic rings. The number of benzene rings is 1. The molecule has 1 aliphatic carbocycles. The third-order valence-electron chi connectivity index (χ3n) is 5.66. The highest BCUT2D eigenvalue weighted by atomic mass is 16.2. The van der Waals surface area contributed by atoms with E-state index in [0.717, 1.165) is 78.8 Å². The summed E-state index contributed by atoms with van der Waals surface area (Å²) in [4.78, 5) is 25.0. The van der Waals surface area contributed by atoms with Crippen LogP contribution in [0.25, 0.3) is 11.3 Å². The molecule has 0 saturated carbocycles. The standard InChI is InChI=1S/C24H32N4O2/c1-16(2)15-25-13-12-24(3,4)23(30)26-18-9-7-8-17(14-18)21-19-10-5-6-11-20(19)22(29)28-27-21/h7-9,14,25H,1,5-6,10-13,15H2,2-4H3,(H,26,30)(H,28,29). The van der Waals surface area contributed by atoms with Crippen molar-refractivity contribution in [3.8, 4) is 11.3 Å². The zero-order chi connectivity index (χ0) is 21.7. The summed E-state index contributed by atoms with van der Waals surface area (Å²) in [6, 6.07) is 7.70. The highest BCUT2D eigenvalue weighted by molar-refractivity contribution is 5.95. The first kappa shape index (κ1) is 22.0. The molecule has 160 valence electrons. The molecular weight excluding hydrogens is 376 g/mol. The summed E-state index contributed by atoms with van der Waals surface area (Å²) in [5, 5.41) is 13.3. The van der Waals surface area contributed by atoms with E-state index in [9.17, 15) is 9.59 Å². The second kappa shape index (κ2) is 9.39. The number of aromatic nitrogens is 2. The Morgan fingerprint density at radius 1 is 1.23 bits per heavy atom. The number of anilines is 1. The first-order valence-electron chi connectivity index (χ1n) is 10.7. The van der Waals surface area contributed by atoms with Gasteiger partial charge in [-0.15, -0.1) is 0 Å². The molecule has 0 fully saturated rings. The van der Waals surface area contributed by atoms with Crippen molar-refractivity contribution >= 4 is 11.6 Å². The van der Waals surface area contributed by atoms with Gasteiger partial charge in [-0.05, 0) is 63.3 Å². The molecule has 0 atom stereocenters. The van der Waals surface area contributed by atoms with Crippen LogP contribution in [0, 0.1) is 5.41 Å². The van der Waals surface area contributed by atoms with Crippen LogP contribution in [-0.2, 0) is 17.6 Å². The van der Waals surface area contributed by atoms with E-state index < -0.39 is 5.41 Å². The monoisotopic (exact) mass is 408 g/mol. The molecule has 0 spiro atoms. The average molecular weight is 409 g/mol. The minimum atomic E-state index is -0.506. The number of aromatic amines is 1. The molecule has 6 nitrogen and oxygen atoms in total. The Hall–Kier alpha value is -2.73. The van der Waals surface area contributed by atoms with Crippen LogP contribution in [0.2, 0.25) is 0 Å². The average Bonchev–Trinajstić information content (AvgIpc) is 2.72. The number of nitrogens with zero attached hydrogens (tertiary/aromatic N) is 1. The Morgan fingerprint density at radius 2 is 1.97 bits per heavy atom. The fraction of sp³-hybridized carbons (Fsp3) is 0.458. The van der Waals surface area contributed by atoms with Gasteiger partial charge in [-0.3, -0.25) is 9.59 Å². The van der Waals surface area contributed by atoms with Crippen LogP contribution in [-0.4, -0.2) is 29.2 Å². The quantitative estimate of drug-likeness (QED) is 0.458. The zero-order valence-corrected chi connectivity index (χ0v) is 18.2. The van der Waals surface area contributed by atoms with Gasteiger partial charge in [-0.25, -0.2) is 5.10 Å². The lowest BCUT2D eigenvalue weighted by Crippen LogP contribution is -2.34. The van der Waals surface area contributed by atoms with Crippen LogP contribution >= 0.6 is 0 Å². The normalized spacial score (nSPS) is 13.6. The van der Waals surface area contributed by atoms with Gasteiger partial charge >= 0.3 is 0 Å². The van der Waals surface area contributed by atoms with E-state index in [1.54, 1.807) is 0 Å². The van der Waals surface area contributed by atoms with Gasteiger partial charge in [0.25, 0.3) is 5.56 Å². The summed E-state index contributed by atoms with van der Waals surface area (Å²) in [5.41, 5.74) is 4.83. The number of rotatable bonds is 8. The molecule has 0 aliphatic heterocycles. The molecule has 2 aromatic rings. The van der Waals surface area contributed by atoms with Crippen molar-refractivity contribution < 1.29 is 4.79 Å². The second-order valence-electron chi connectivity index (χ2n) is 8.87. The third-order valence-corrected chi connectivity index (χ3v) is 5.66. The van der Waals surface area contributed by atoms with Crippen LogP contribution in [0.1, 0.15) is 51.2 Å². The molecule has 30 heavy (non-hydrogen) atoms. The molecule has 3 N–H and O–H groups in total. The summed E-state index contributed by atoms with van der Waals surface area (Å²) < 4.78 is 0. The van der Waals surface area contributed by atoms with Gasteiger partial charge in [0.05, 0.1) is 5.69 Å². The Balaban J connectivity index is 1.74. The molecule has 1 amide bonds. The minimum Gasteiger partial charge on any atom is -0.326 e. The Labute approximate surface area is 178 Å². The first-order chi connectivity index (χ1) is 14.3. The van der Waals surface area contributed by atoms with Crippen molar-refractivity contribution in [2.45, 2.75) is 52.9 Å². The van der Waals surface area contributed by atoms with E-state index in [1.165, 1.54) is 0 Å². The number of fused-ring (bicyclic) bond motifs is 1. The Morgan fingerprint density at radius 3 is 2.70 bits per heavy atom. The van der Waals surface area contributed by atoms with Crippen molar-refractivity contribution in [3.05, 3.63) is 57.9 Å². The van der Waals surface area contributed by atoms with Gasteiger partial charge in [0, 0.05) is 28.8 Å². The van der Waals surface area contributed by atoms with Gasteiger partial charge in [-0.2, -0.15) is 5.10 Å². The van der Waals surface area contributed by atoms with E-state index in [-0.39, 0.29) is 11.5 Å². The number of carbonyl (C=O) groups excluding carboxylic acids is 1. The van der Waals surface area contributed by atoms with E-state index in [2.05, 4.69) is 27.4 Å². The number of nitrogens with one attached hydrogen (secondary N) is 3. The van der Waals surface area contributed by atoms with E-state index in [1.807, 2.05) is 45.0 Å². The predicted octanol–water partition coefficient (Wildman–Crippen LogP) is 3.84. The molecule has 1 heterocycles. The lowest BCUT2D eigenvalue weighted by atomic mass is 9.88. The molecule has 1 aromatic heterocycles. The van der Waals surface area contributed by atoms with Crippen LogP contribution in [0.4, 0.5) is 5.69 Å². The first-order valence-corrected chi connectivity index (χ1v) is 10.7. The van der Waals surface area contributed by atoms with Crippen LogP contribution in [0.15, 0.2) is 41.2 Å². The van der Waals surface area contributed by atoms with Gasteiger partial charge in [0.2, 0.25) is 5.91 Å². The summed E-state index contributed by atoms with van der Waals surface area (Å²) >= 11 is 0. The lowest BCUT2D eigenvalue weighted by Gasteiger charge is -2.24. The summed E-state index contributed by atoms with van der Waals surface area (Å²) in [6.07, 6.45) is 4.48. The molecular formula is C24H32N4O2. The number of carbonyl (C=O) groups is 1. The largest absolute Gasteiger partial charge is 0.326 e. The minimum absolute atomic E-state index is 0.0202. The highest BCUT2D eigenvalue weighted by Gasteiger charge is 2.27. The molecule has 0 radical (unpaired) electrons. The Bertz CT molecular complexity index is 991. The molecule has 6 heteroatoms. The maximum absolute atomic E-state index is 12.9. The van der Waals surface area contributed by atoms with Crippen molar-refractivity contribution in [1.82, 2.24) is 15.5 Å². The molecule has 0 unspecified atom stereocenters. The maximum atomic E-state index is 12.9. The number of hydrogen-bond acceptors (Lipinski definition) is 4. The number of amides is 1. The number of hydrogen-bond donors (Lipinski definition) is 3. The number of H-pyrrole nitrogens is 1. The molecule has 1 aromatic carbocycles. The lowest BCUT2D eigenvalue weighted by molar-refractivity contribution is -0.124. The summed E-state index contributed by atoms with van der Waals surface area (Å²) in [5.74, 6) is -0.0202. The van der Waals surface area contributed by atoms with E-state index >= 15 is 0 Å². The van der Waals surface area contributed by atoms with Gasteiger partial charge < -0.3 is 10.6 Å². The molecule has 0 bridgehead atoms. The predicted molar refractivity (Wildman–Crippen MR) is 122 cm³/mol. The Kier molecular flexibility index (Phi) is 6.87. The molecule has 3 rings (SSSR count). The van der Waals surface area contributed by atoms with Crippen molar-refractivity contribution in [2.24, 2.45) is 5.41 Å². The van der Waals surface area contributed by atoms with Crippen molar-refractivity contribution in [3.63, 3.8) is 0 Å². The SMILES string of the molecule is C=C(C)CNCCC(C)(C)C(=O)Nc1cccc(-c2n[nH]c(=O)c3c2CCCC3)c1. The fourth-order valence-corrected chi connectivity index (χ4v) is 3.76. The van der Waals surface area contributed by atoms with Crippen molar-refractivity contribution in [1.29, 1.82) is 0 Å². The van der Waals surface area contributed by atoms with Crippen LogP contribution < -0.4 is 16.2 Å². The molecule has 0 saturated heterocycles. The fourth-order valence-electron chi connectivity index (χ4n) is 3.76. The summed E-state index contributed by atoms with van der Waals surface area (Å²) in [7, 11) is 0.